The largest absolute Gasteiger partial charge is 0.294 e. The minimum absolute atomic E-state index is 0.0683. The summed E-state index contributed by atoms with van der Waals surface area (Å²) in [4.78, 5) is 12.5. The molecule has 1 unspecified atom stereocenters. The van der Waals surface area contributed by atoms with E-state index < -0.39 is 11.0 Å². The van der Waals surface area contributed by atoms with Crippen LogP contribution in [0.5, 0.6) is 0 Å². The lowest BCUT2D eigenvalue weighted by atomic mass is 9.33. The SMILES string of the molecule is CC(=NS(=O)C(C)(C)C)C12CC(CC(=O)c3ccc(Cl)c(Cl)c3)(C1)C2. The minimum Gasteiger partial charge on any atom is -0.294 e. The highest BCUT2D eigenvalue weighted by Crippen LogP contribution is 2.75. The summed E-state index contributed by atoms with van der Waals surface area (Å²) >= 11 is 11.9. The first kappa shape index (κ1) is 19.1. The number of halogens is 2. The number of rotatable bonds is 5. The Morgan fingerprint density at radius 3 is 2.32 bits per heavy atom. The van der Waals surface area contributed by atoms with Crippen LogP contribution in [0.1, 0.15) is 63.7 Å². The maximum atomic E-state index is 12.5. The zero-order valence-electron chi connectivity index (χ0n) is 15.0. The average molecular weight is 400 g/mol. The fraction of sp³-hybridized carbons (Fsp3) is 0.579. The third kappa shape index (κ3) is 3.45. The maximum Gasteiger partial charge on any atom is 0.163 e. The minimum atomic E-state index is -1.22. The highest BCUT2D eigenvalue weighted by Gasteiger charge is 2.69. The van der Waals surface area contributed by atoms with Gasteiger partial charge >= 0.3 is 0 Å². The summed E-state index contributed by atoms with van der Waals surface area (Å²) in [5, 5.41) is 0.871. The summed E-state index contributed by atoms with van der Waals surface area (Å²) in [6.45, 7) is 7.77. The van der Waals surface area contributed by atoms with Gasteiger partial charge in [-0.25, -0.2) is 4.21 Å². The summed E-state index contributed by atoms with van der Waals surface area (Å²) in [6.07, 6.45) is 3.42. The van der Waals surface area contributed by atoms with Crippen molar-refractivity contribution in [2.45, 2.75) is 58.1 Å². The lowest BCUT2D eigenvalue weighted by Crippen LogP contribution is -2.65. The Kier molecular flexibility index (Phi) is 4.71. The van der Waals surface area contributed by atoms with Crippen LogP contribution in [0.15, 0.2) is 22.6 Å². The third-order valence-electron chi connectivity index (χ3n) is 5.43. The van der Waals surface area contributed by atoms with E-state index in [9.17, 15) is 9.00 Å². The molecule has 1 atom stereocenters. The molecule has 136 valence electrons. The number of benzene rings is 1. The van der Waals surface area contributed by atoms with Gasteiger partial charge in [0.15, 0.2) is 5.78 Å². The van der Waals surface area contributed by atoms with Gasteiger partial charge < -0.3 is 0 Å². The molecule has 0 spiro atoms. The number of carbonyl (C=O) groups excluding carboxylic acids is 1. The molecule has 0 aromatic heterocycles. The van der Waals surface area contributed by atoms with Crippen LogP contribution >= 0.6 is 23.2 Å². The second-order valence-corrected chi connectivity index (χ2v) is 11.3. The van der Waals surface area contributed by atoms with Crippen molar-refractivity contribution in [3.63, 3.8) is 0 Å². The Labute approximate surface area is 161 Å². The van der Waals surface area contributed by atoms with Gasteiger partial charge in [-0.05, 0) is 70.6 Å². The lowest BCUT2D eigenvalue weighted by Gasteiger charge is -2.71. The van der Waals surface area contributed by atoms with Crippen molar-refractivity contribution in [2.24, 2.45) is 15.2 Å². The van der Waals surface area contributed by atoms with Gasteiger partial charge in [0.1, 0.15) is 11.0 Å². The fourth-order valence-corrected chi connectivity index (χ4v) is 5.05. The Hall–Kier alpha value is -0.710. The molecule has 3 aliphatic carbocycles. The molecule has 4 rings (SSSR count). The van der Waals surface area contributed by atoms with E-state index in [1.54, 1.807) is 18.2 Å². The molecule has 3 aliphatic rings. The summed E-state index contributed by atoms with van der Waals surface area (Å²) in [7, 11) is -1.22. The summed E-state index contributed by atoms with van der Waals surface area (Å²) < 4.78 is 16.3. The molecule has 2 bridgehead atoms. The number of hydrogen-bond acceptors (Lipinski definition) is 2. The molecule has 25 heavy (non-hydrogen) atoms. The van der Waals surface area contributed by atoms with E-state index in [0.717, 1.165) is 25.0 Å². The molecule has 3 fully saturated rings. The molecule has 3 saturated carbocycles. The van der Waals surface area contributed by atoms with Gasteiger partial charge in [-0.15, -0.1) is 0 Å². The Bertz CT molecular complexity index is 775. The van der Waals surface area contributed by atoms with E-state index in [-0.39, 0.29) is 21.4 Å². The van der Waals surface area contributed by atoms with E-state index in [0.29, 0.717) is 22.0 Å². The fourth-order valence-electron chi connectivity index (χ4n) is 4.04. The number of nitrogens with zero attached hydrogens (tertiary/aromatic N) is 1. The standard InChI is InChI=1S/C19H23Cl2NO2S/c1-12(22-25(24)17(2,3)4)19-9-18(10-19,11-19)8-16(23)13-5-6-14(20)15(21)7-13/h5-7H,8-11H2,1-4H3. The lowest BCUT2D eigenvalue weighted by molar-refractivity contribution is -0.150. The predicted octanol–water partition coefficient (Wildman–Crippen LogP) is 5.66. The van der Waals surface area contributed by atoms with Crippen molar-refractivity contribution in [3.8, 4) is 0 Å². The normalized spacial score (nSPS) is 29.6. The van der Waals surface area contributed by atoms with Crippen LogP contribution in [0, 0.1) is 10.8 Å². The summed E-state index contributed by atoms with van der Waals surface area (Å²) in [5.41, 5.74) is 1.75. The van der Waals surface area contributed by atoms with E-state index in [1.807, 2.05) is 27.7 Å². The Balaban J connectivity index is 1.63. The number of hydrogen-bond donors (Lipinski definition) is 0. The topological polar surface area (TPSA) is 46.5 Å². The maximum absolute atomic E-state index is 12.5. The number of Topliss-reactive ketones (excluding diaryl/α,β-unsaturated/α-hetero) is 1. The second-order valence-electron chi connectivity index (χ2n) is 8.58. The summed E-state index contributed by atoms with van der Waals surface area (Å²) in [6, 6.07) is 5.04. The van der Waals surface area contributed by atoms with Gasteiger partial charge in [-0.2, -0.15) is 4.40 Å². The number of carbonyl (C=O) groups is 1. The average Bonchev–Trinajstić information content (AvgIpc) is 2.42. The van der Waals surface area contributed by atoms with Crippen LogP contribution in [-0.4, -0.2) is 20.5 Å². The highest BCUT2D eigenvalue weighted by atomic mass is 35.5. The van der Waals surface area contributed by atoms with Crippen molar-refractivity contribution in [3.05, 3.63) is 33.8 Å². The zero-order chi connectivity index (χ0) is 18.6. The van der Waals surface area contributed by atoms with Crippen LogP contribution < -0.4 is 0 Å². The van der Waals surface area contributed by atoms with E-state index in [4.69, 9.17) is 23.2 Å². The van der Waals surface area contributed by atoms with E-state index >= 15 is 0 Å². The van der Waals surface area contributed by atoms with Crippen LogP contribution in [0.2, 0.25) is 10.0 Å². The first-order chi connectivity index (χ1) is 11.5. The molecule has 0 radical (unpaired) electrons. The molecule has 0 heterocycles. The highest BCUT2D eigenvalue weighted by molar-refractivity contribution is 7.85. The van der Waals surface area contributed by atoms with Gasteiger partial charge in [0.25, 0.3) is 0 Å². The molecule has 3 nitrogen and oxygen atoms in total. The van der Waals surface area contributed by atoms with Crippen molar-refractivity contribution >= 4 is 45.7 Å². The monoisotopic (exact) mass is 399 g/mol. The molecule has 0 N–H and O–H groups in total. The van der Waals surface area contributed by atoms with Gasteiger partial charge in [0.2, 0.25) is 0 Å². The second kappa shape index (κ2) is 6.17. The van der Waals surface area contributed by atoms with E-state index in [1.165, 1.54) is 0 Å². The van der Waals surface area contributed by atoms with E-state index in [2.05, 4.69) is 4.40 Å². The first-order valence-corrected chi connectivity index (χ1v) is 10.3. The summed E-state index contributed by atoms with van der Waals surface area (Å²) in [5.74, 6) is 0.111. The van der Waals surface area contributed by atoms with Crippen LogP contribution in [0.25, 0.3) is 0 Å². The Morgan fingerprint density at radius 2 is 1.80 bits per heavy atom. The van der Waals surface area contributed by atoms with Gasteiger partial charge in [0.05, 0.1) is 14.8 Å². The molecular weight excluding hydrogens is 377 g/mol. The van der Waals surface area contributed by atoms with Crippen LogP contribution in [0.3, 0.4) is 0 Å². The van der Waals surface area contributed by atoms with Gasteiger partial charge in [-0.3, -0.25) is 4.79 Å². The van der Waals surface area contributed by atoms with Crippen molar-refractivity contribution in [2.75, 3.05) is 0 Å². The molecule has 0 saturated heterocycles. The van der Waals surface area contributed by atoms with Crippen LogP contribution in [0.4, 0.5) is 0 Å². The van der Waals surface area contributed by atoms with Crippen LogP contribution in [-0.2, 0) is 11.0 Å². The molecule has 0 amide bonds. The molecule has 6 heteroatoms. The van der Waals surface area contributed by atoms with Gasteiger partial charge in [-0.1, -0.05) is 23.2 Å². The van der Waals surface area contributed by atoms with Crippen molar-refractivity contribution in [1.29, 1.82) is 0 Å². The number of ketones is 1. The molecule has 1 aromatic rings. The molecular formula is C19H23Cl2NO2S. The first-order valence-electron chi connectivity index (χ1n) is 8.43. The third-order valence-corrected chi connectivity index (χ3v) is 7.65. The quantitative estimate of drug-likeness (QED) is 0.473. The Morgan fingerprint density at radius 1 is 1.20 bits per heavy atom. The van der Waals surface area contributed by atoms with Gasteiger partial charge in [0, 0.05) is 23.1 Å². The van der Waals surface area contributed by atoms with Crippen molar-refractivity contribution in [1.82, 2.24) is 0 Å². The van der Waals surface area contributed by atoms with Crippen molar-refractivity contribution < 1.29 is 9.00 Å². The smallest absolute Gasteiger partial charge is 0.163 e. The zero-order valence-corrected chi connectivity index (χ0v) is 17.3. The predicted molar refractivity (Wildman–Crippen MR) is 105 cm³/mol. The molecule has 1 aromatic carbocycles. The molecule has 0 aliphatic heterocycles.